The monoisotopic (exact) mass is 1110 g/mol. The Morgan fingerprint density at radius 1 is 0.264 bits per heavy atom. The summed E-state index contributed by atoms with van der Waals surface area (Å²) in [5.41, 5.74) is 26.0. The van der Waals surface area contributed by atoms with E-state index in [-0.39, 0.29) is 10.8 Å². The summed E-state index contributed by atoms with van der Waals surface area (Å²) in [5, 5.41) is 7.10. The lowest BCUT2D eigenvalue weighted by molar-refractivity contribution is 0.660. The quantitative estimate of drug-likeness (QED) is 0.160. The van der Waals surface area contributed by atoms with Crippen LogP contribution in [0.1, 0.15) is 49.9 Å². The number of aromatic nitrogens is 6. The van der Waals surface area contributed by atoms with Gasteiger partial charge in [-0.25, -0.2) is 4.98 Å². The molecule has 0 radical (unpaired) electrons. The molecule has 18 rings (SSSR count). The Kier molecular flexibility index (Phi) is 10.4. The zero-order valence-electron chi connectivity index (χ0n) is 48.6. The Hall–Kier alpha value is -11.0. The van der Waals surface area contributed by atoms with Gasteiger partial charge in [0.25, 0.3) is 0 Å². The molecule has 6 nitrogen and oxygen atoms in total. The van der Waals surface area contributed by atoms with Gasteiger partial charge in [0.1, 0.15) is 0 Å². The van der Waals surface area contributed by atoms with E-state index in [0.717, 1.165) is 66.2 Å². The van der Waals surface area contributed by atoms with Crippen LogP contribution in [0.4, 0.5) is 0 Å². The molecule has 410 valence electrons. The van der Waals surface area contributed by atoms with E-state index in [1.807, 2.05) is 36.4 Å². The minimum atomic E-state index is -0.193. The molecule has 0 aliphatic heterocycles. The Labute approximate surface area is 503 Å². The van der Waals surface area contributed by atoms with Crippen molar-refractivity contribution in [2.24, 2.45) is 0 Å². The molecule has 6 heteroatoms. The van der Waals surface area contributed by atoms with Crippen LogP contribution in [0.5, 0.6) is 0 Å². The van der Waals surface area contributed by atoms with Crippen LogP contribution in [-0.4, -0.2) is 28.7 Å². The average molecular weight is 1110 g/mol. The first-order valence-electron chi connectivity index (χ1n) is 30.2. The van der Waals surface area contributed by atoms with Crippen molar-refractivity contribution in [3.05, 3.63) is 289 Å². The highest BCUT2D eigenvalue weighted by atomic mass is 15.2. The zero-order valence-corrected chi connectivity index (χ0v) is 48.6. The van der Waals surface area contributed by atoms with E-state index < -0.39 is 0 Å². The maximum atomic E-state index is 5.35. The van der Waals surface area contributed by atoms with Gasteiger partial charge in [0.15, 0.2) is 11.6 Å². The molecule has 4 heterocycles. The van der Waals surface area contributed by atoms with E-state index in [4.69, 9.17) is 15.0 Å². The molecule has 0 spiro atoms. The summed E-state index contributed by atoms with van der Waals surface area (Å²) >= 11 is 0. The SMILES string of the molecule is CC1(C)c2ccc(-c3ccc4c(c3)c3cc5c(cc3n4-c3nc(-c4ccccc4)nc(-c4ccccc4)n3)c3ccccc3n5-c3ccccc3)cc2-c2cc(-c3ccc4c(c3)c3ccc5c(c3n4-c3ccccc3)C(C)(C)c3ccccc3-5)ccc21. The first-order chi connectivity index (χ1) is 42.7. The van der Waals surface area contributed by atoms with E-state index in [1.165, 1.54) is 88.5 Å². The van der Waals surface area contributed by atoms with Crippen molar-refractivity contribution in [3.63, 3.8) is 0 Å². The van der Waals surface area contributed by atoms with Crippen molar-refractivity contribution in [1.29, 1.82) is 0 Å². The topological polar surface area (TPSA) is 53.5 Å². The minimum absolute atomic E-state index is 0.175. The highest BCUT2D eigenvalue weighted by Crippen LogP contribution is 2.55. The van der Waals surface area contributed by atoms with E-state index in [2.05, 4.69) is 272 Å². The first-order valence-corrected chi connectivity index (χ1v) is 30.2. The third-order valence-corrected chi connectivity index (χ3v) is 19.3. The molecule has 87 heavy (non-hydrogen) atoms. The lowest BCUT2D eigenvalue weighted by atomic mass is 9.81. The minimum Gasteiger partial charge on any atom is -0.309 e. The Morgan fingerprint density at radius 2 is 0.713 bits per heavy atom. The van der Waals surface area contributed by atoms with E-state index in [1.54, 1.807) is 0 Å². The van der Waals surface area contributed by atoms with E-state index >= 15 is 0 Å². The summed E-state index contributed by atoms with van der Waals surface area (Å²) in [5.74, 6) is 1.80. The molecule has 0 atom stereocenters. The van der Waals surface area contributed by atoms with Gasteiger partial charge >= 0.3 is 0 Å². The van der Waals surface area contributed by atoms with Crippen molar-refractivity contribution >= 4 is 65.4 Å². The second kappa shape index (κ2) is 18.3. The number of fused-ring (bicyclic) bond motifs is 16. The average Bonchev–Trinajstić information content (AvgIpc) is 1.61. The third-order valence-electron chi connectivity index (χ3n) is 19.3. The Morgan fingerprint density at radius 3 is 1.33 bits per heavy atom. The van der Waals surface area contributed by atoms with Crippen LogP contribution in [0.25, 0.3) is 150 Å². The summed E-state index contributed by atoms with van der Waals surface area (Å²) in [6.07, 6.45) is 0. The summed E-state index contributed by atoms with van der Waals surface area (Å²) in [4.78, 5) is 15.8. The normalized spacial score (nSPS) is 13.7. The summed E-state index contributed by atoms with van der Waals surface area (Å²) in [7, 11) is 0. The standard InChI is InChI=1S/C81H56N6/c1-80(2)68-39-33-51(53-35-41-71-63(45-53)60-38-37-59-57-29-17-19-31-67(57)81(3,4)75(59)76(60)86(71)56-27-15-8-16-28-56)43-61(68)62-44-52(34-40-69(62)80)54-36-42-72-64(46-54)66-48-73-65(58-30-18-20-32-70(58)85(73)55-25-13-7-14-26-55)47-74(66)87(72)79-83-77(49-21-9-5-10-22-49)82-78(84-79)50-23-11-6-12-24-50/h5-48H,1-4H3. The second-order valence-electron chi connectivity index (χ2n) is 24.8. The van der Waals surface area contributed by atoms with Crippen molar-refractivity contribution < 1.29 is 0 Å². The highest BCUT2D eigenvalue weighted by molar-refractivity contribution is 6.20. The molecule has 0 bridgehead atoms. The van der Waals surface area contributed by atoms with Crippen LogP contribution in [0.3, 0.4) is 0 Å². The fourth-order valence-electron chi connectivity index (χ4n) is 15.1. The molecule has 0 N–H and O–H groups in total. The molecule has 0 saturated carbocycles. The lowest BCUT2D eigenvalue weighted by Gasteiger charge is -2.23. The van der Waals surface area contributed by atoms with E-state index in [0.29, 0.717) is 17.6 Å². The molecular weight excluding hydrogens is 1060 g/mol. The number of benzene rings is 12. The molecule has 2 aliphatic carbocycles. The van der Waals surface area contributed by atoms with Gasteiger partial charge in [-0.15, -0.1) is 0 Å². The van der Waals surface area contributed by atoms with Crippen molar-refractivity contribution in [2.45, 2.75) is 38.5 Å². The van der Waals surface area contributed by atoms with Gasteiger partial charge in [0, 0.05) is 65.6 Å². The van der Waals surface area contributed by atoms with Gasteiger partial charge in [0.2, 0.25) is 5.95 Å². The van der Waals surface area contributed by atoms with E-state index in [9.17, 15) is 0 Å². The smallest absolute Gasteiger partial charge is 0.238 e. The van der Waals surface area contributed by atoms with Crippen LogP contribution < -0.4 is 0 Å². The lowest BCUT2D eigenvalue weighted by Crippen LogP contribution is -2.16. The summed E-state index contributed by atoms with van der Waals surface area (Å²) in [6, 6.07) is 97.7. The molecule has 0 unspecified atom stereocenters. The Balaban J connectivity index is 0.814. The third kappa shape index (κ3) is 7.19. The van der Waals surface area contributed by atoms with Gasteiger partial charge in [-0.3, -0.25) is 4.57 Å². The van der Waals surface area contributed by atoms with Crippen molar-refractivity contribution in [2.75, 3.05) is 0 Å². The largest absolute Gasteiger partial charge is 0.309 e. The maximum Gasteiger partial charge on any atom is 0.238 e. The van der Waals surface area contributed by atoms with Crippen molar-refractivity contribution in [1.82, 2.24) is 28.7 Å². The predicted molar refractivity (Wildman–Crippen MR) is 360 cm³/mol. The fourth-order valence-corrected chi connectivity index (χ4v) is 15.1. The molecular formula is C81H56N6. The number of hydrogen-bond donors (Lipinski definition) is 0. The van der Waals surface area contributed by atoms with Gasteiger partial charge in [-0.1, -0.05) is 216 Å². The zero-order chi connectivity index (χ0) is 57.9. The molecule has 4 aromatic heterocycles. The molecule has 0 amide bonds. The van der Waals surface area contributed by atoms with Crippen LogP contribution in [0.15, 0.2) is 267 Å². The van der Waals surface area contributed by atoms with Crippen LogP contribution >= 0.6 is 0 Å². The molecule has 12 aromatic carbocycles. The predicted octanol–water partition coefficient (Wildman–Crippen LogP) is 20.4. The van der Waals surface area contributed by atoms with Crippen LogP contribution in [0, 0.1) is 0 Å². The molecule has 0 fully saturated rings. The van der Waals surface area contributed by atoms with Gasteiger partial charge in [0.05, 0.1) is 33.1 Å². The van der Waals surface area contributed by atoms with Crippen molar-refractivity contribution in [3.8, 4) is 84.6 Å². The van der Waals surface area contributed by atoms with Gasteiger partial charge < -0.3 is 9.13 Å². The Bertz CT molecular complexity index is 5490. The summed E-state index contributed by atoms with van der Waals surface area (Å²) < 4.78 is 7.18. The first kappa shape index (κ1) is 49.5. The van der Waals surface area contributed by atoms with Crippen LogP contribution in [0.2, 0.25) is 0 Å². The molecule has 2 aliphatic rings. The van der Waals surface area contributed by atoms with Crippen LogP contribution in [-0.2, 0) is 10.8 Å². The molecule has 0 saturated heterocycles. The molecule has 16 aromatic rings. The maximum absolute atomic E-state index is 5.35. The van der Waals surface area contributed by atoms with Gasteiger partial charge in [-0.05, 0) is 146 Å². The number of hydrogen-bond acceptors (Lipinski definition) is 3. The number of rotatable bonds is 7. The second-order valence-corrected chi connectivity index (χ2v) is 24.8. The number of nitrogens with zero attached hydrogens (tertiary/aromatic N) is 6. The number of para-hydroxylation sites is 3. The summed E-state index contributed by atoms with van der Waals surface area (Å²) in [6.45, 7) is 9.55. The van der Waals surface area contributed by atoms with Gasteiger partial charge in [-0.2, -0.15) is 9.97 Å². The fraction of sp³-hybridized carbons (Fsp3) is 0.0741. The highest BCUT2D eigenvalue weighted by Gasteiger charge is 2.39.